The molecule has 8 heteroatoms. The van der Waals surface area contributed by atoms with Gasteiger partial charge in [0.15, 0.2) is 21.4 Å². The maximum Gasteiger partial charge on any atom is 0.276 e. The van der Waals surface area contributed by atoms with Gasteiger partial charge in [0.25, 0.3) is 5.91 Å². The summed E-state index contributed by atoms with van der Waals surface area (Å²) in [5.41, 5.74) is 1.75. The maximum absolute atomic E-state index is 13.3. The number of imidazole rings is 1. The van der Waals surface area contributed by atoms with Crippen LogP contribution >= 0.6 is 0 Å². The van der Waals surface area contributed by atoms with Gasteiger partial charge in [0, 0.05) is 25.2 Å². The van der Waals surface area contributed by atoms with Gasteiger partial charge in [0.2, 0.25) is 0 Å². The van der Waals surface area contributed by atoms with E-state index in [2.05, 4.69) is 9.97 Å². The first-order chi connectivity index (χ1) is 15.8. The third-order valence-corrected chi connectivity index (χ3v) is 8.42. The predicted molar refractivity (Wildman–Crippen MR) is 127 cm³/mol. The zero-order valence-corrected chi connectivity index (χ0v) is 19.6. The molecule has 0 unspecified atom stereocenters. The lowest BCUT2D eigenvalue weighted by molar-refractivity contribution is 0.0989. The minimum atomic E-state index is -3.40. The summed E-state index contributed by atoms with van der Waals surface area (Å²) in [6.45, 7) is 1.37. The summed E-state index contributed by atoms with van der Waals surface area (Å²) in [6, 6.07) is 15.6. The van der Waals surface area contributed by atoms with E-state index in [-0.39, 0.29) is 33.4 Å². The molecule has 0 radical (unpaired) electrons. The molecule has 0 aliphatic heterocycles. The van der Waals surface area contributed by atoms with Crippen molar-refractivity contribution in [3.8, 4) is 11.3 Å². The van der Waals surface area contributed by atoms with Crippen LogP contribution in [0.5, 0.6) is 0 Å². The summed E-state index contributed by atoms with van der Waals surface area (Å²) >= 11 is 0. The van der Waals surface area contributed by atoms with Gasteiger partial charge in [-0.05, 0) is 37.1 Å². The number of H-pyrrole nitrogens is 1. The van der Waals surface area contributed by atoms with E-state index in [4.69, 9.17) is 0 Å². The highest BCUT2D eigenvalue weighted by Gasteiger charge is 2.29. The van der Waals surface area contributed by atoms with Crippen molar-refractivity contribution < 1.29 is 18.0 Å². The van der Waals surface area contributed by atoms with Crippen LogP contribution in [0.4, 0.5) is 5.69 Å². The molecule has 1 heterocycles. The molecule has 7 nitrogen and oxygen atoms in total. The van der Waals surface area contributed by atoms with Crippen LogP contribution in [0.1, 0.15) is 60.1 Å². The van der Waals surface area contributed by atoms with E-state index in [1.165, 1.54) is 11.8 Å². The van der Waals surface area contributed by atoms with Gasteiger partial charge in [-0.1, -0.05) is 49.6 Å². The molecule has 1 aromatic heterocycles. The van der Waals surface area contributed by atoms with Gasteiger partial charge in [-0.2, -0.15) is 0 Å². The number of carbonyl (C=O) groups excluding carboxylic acids is 2. The number of ketones is 1. The molecule has 2 aromatic carbocycles. The molecular weight excluding hydrogens is 438 g/mol. The van der Waals surface area contributed by atoms with E-state index in [0.29, 0.717) is 29.8 Å². The zero-order valence-electron chi connectivity index (χ0n) is 18.7. The zero-order chi connectivity index (χ0) is 23.6. The molecule has 0 spiro atoms. The first-order valence-corrected chi connectivity index (χ1v) is 12.6. The monoisotopic (exact) mass is 465 g/mol. The summed E-state index contributed by atoms with van der Waals surface area (Å²) in [5.74, 6) is -0.571. The van der Waals surface area contributed by atoms with Crippen LogP contribution < -0.4 is 4.90 Å². The molecule has 1 N–H and O–H groups in total. The Labute approximate surface area is 193 Å². The van der Waals surface area contributed by atoms with Crippen LogP contribution in [0.2, 0.25) is 0 Å². The lowest BCUT2D eigenvalue weighted by atomic mass is 10.0. The second-order valence-electron chi connectivity index (χ2n) is 8.39. The largest absolute Gasteiger partial charge is 0.331 e. The van der Waals surface area contributed by atoms with Gasteiger partial charge in [0.05, 0.1) is 10.1 Å². The Bertz CT molecular complexity index is 1260. The number of aromatic amines is 1. The van der Waals surface area contributed by atoms with Gasteiger partial charge in [0.1, 0.15) is 11.4 Å². The van der Waals surface area contributed by atoms with Crippen LogP contribution in [0, 0.1) is 0 Å². The first kappa shape index (κ1) is 22.9. The van der Waals surface area contributed by atoms with E-state index in [9.17, 15) is 18.0 Å². The number of Topliss-reactive ketones (excluding diaryl/α,β-unsaturated/α-hetero) is 1. The number of rotatable bonds is 6. The molecule has 33 heavy (non-hydrogen) atoms. The number of anilines is 1. The Morgan fingerprint density at radius 1 is 0.970 bits per heavy atom. The summed E-state index contributed by atoms with van der Waals surface area (Å²) < 4.78 is 26.0. The molecule has 1 aliphatic rings. The molecule has 0 atom stereocenters. The van der Waals surface area contributed by atoms with E-state index < -0.39 is 9.84 Å². The SMILES string of the molecule is CC(=O)c1nc(-c2ccc(S(=O)(=O)C3CCCCC3)cc2)c(C(=O)N(C)c2ccccc2)[nH]1. The van der Waals surface area contributed by atoms with Gasteiger partial charge in [-0.3, -0.25) is 9.59 Å². The van der Waals surface area contributed by atoms with Crippen molar-refractivity contribution >= 4 is 27.2 Å². The van der Waals surface area contributed by atoms with Crippen molar-refractivity contribution in [2.75, 3.05) is 11.9 Å². The molecule has 1 fully saturated rings. The molecule has 0 bridgehead atoms. The van der Waals surface area contributed by atoms with Crippen molar-refractivity contribution in [1.29, 1.82) is 0 Å². The molecular formula is C25H27N3O4S. The molecule has 1 aliphatic carbocycles. The first-order valence-electron chi connectivity index (χ1n) is 11.1. The average Bonchev–Trinajstić information content (AvgIpc) is 3.30. The number of amides is 1. The Hall–Kier alpha value is -3.26. The number of carbonyl (C=O) groups is 2. The summed E-state index contributed by atoms with van der Waals surface area (Å²) in [6.07, 6.45) is 4.33. The number of hydrogen-bond acceptors (Lipinski definition) is 5. The van der Waals surface area contributed by atoms with Gasteiger partial charge in [-0.15, -0.1) is 0 Å². The van der Waals surface area contributed by atoms with Crippen molar-refractivity contribution in [3.63, 3.8) is 0 Å². The number of nitrogens with zero attached hydrogens (tertiary/aromatic N) is 2. The topological polar surface area (TPSA) is 100 Å². The second-order valence-corrected chi connectivity index (χ2v) is 10.6. The lowest BCUT2D eigenvalue weighted by Gasteiger charge is -2.21. The lowest BCUT2D eigenvalue weighted by Crippen LogP contribution is -2.27. The predicted octanol–water partition coefficient (Wildman–Crippen LogP) is 4.66. The molecule has 1 saturated carbocycles. The van der Waals surface area contributed by atoms with Crippen LogP contribution in [0.25, 0.3) is 11.3 Å². The number of nitrogens with one attached hydrogen (secondary N) is 1. The van der Waals surface area contributed by atoms with Gasteiger partial charge in [-0.25, -0.2) is 13.4 Å². The Morgan fingerprint density at radius 3 is 2.21 bits per heavy atom. The van der Waals surface area contributed by atoms with Gasteiger partial charge < -0.3 is 9.88 Å². The highest BCUT2D eigenvalue weighted by molar-refractivity contribution is 7.92. The second kappa shape index (κ2) is 9.31. The summed E-state index contributed by atoms with van der Waals surface area (Å²) in [7, 11) is -1.75. The fraction of sp³-hybridized carbons (Fsp3) is 0.320. The fourth-order valence-corrected chi connectivity index (χ4v) is 6.06. The molecule has 0 saturated heterocycles. The minimum Gasteiger partial charge on any atom is -0.331 e. The number of benzene rings is 2. The number of aromatic nitrogens is 2. The smallest absolute Gasteiger partial charge is 0.276 e. The van der Waals surface area contributed by atoms with Crippen molar-refractivity contribution in [2.45, 2.75) is 49.2 Å². The van der Waals surface area contributed by atoms with Crippen LogP contribution in [-0.4, -0.2) is 42.4 Å². The van der Waals surface area contributed by atoms with E-state index in [1.54, 1.807) is 31.3 Å². The number of hydrogen-bond donors (Lipinski definition) is 1. The van der Waals surface area contributed by atoms with Crippen LogP contribution in [-0.2, 0) is 9.84 Å². The van der Waals surface area contributed by atoms with E-state index in [1.807, 2.05) is 30.3 Å². The van der Waals surface area contributed by atoms with Crippen LogP contribution in [0.15, 0.2) is 59.5 Å². The fourth-order valence-electron chi connectivity index (χ4n) is 4.21. The van der Waals surface area contributed by atoms with Crippen LogP contribution in [0.3, 0.4) is 0 Å². The quantitative estimate of drug-likeness (QED) is 0.534. The normalized spacial score (nSPS) is 14.7. The van der Waals surface area contributed by atoms with E-state index >= 15 is 0 Å². The Kier molecular flexibility index (Phi) is 6.47. The summed E-state index contributed by atoms with van der Waals surface area (Å²) in [5, 5.41) is -0.344. The third kappa shape index (κ3) is 4.61. The Balaban J connectivity index is 1.69. The molecule has 3 aromatic rings. The third-order valence-electron chi connectivity index (χ3n) is 6.15. The molecule has 1 amide bonds. The van der Waals surface area contributed by atoms with Crippen molar-refractivity contribution in [1.82, 2.24) is 9.97 Å². The number of sulfone groups is 1. The molecule has 4 rings (SSSR count). The highest BCUT2D eigenvalue weighted by Crippen LogP contribution is 2.31. The van der Waals surface area contributed by atoms with Crippen molar-refractivity contribution in [3.05, 3.63) is 66.1 Å². The van der Waals surface area contributed by atoms with E-state index in [0.717, 1.165) is 19.3 Å². The maximum atomic E-state index is 13.3. The average molecular weight is 466 g/mol. The number of para-hydroxylation sites is 1. The molecule has 172 valence electrons. The standard InChI is InChI=1S/C25H27N3O4S/c1-17(29)24-26-22(23(27-24)25(30)28(2)19-9-5-3-6-10-19)18-13-15-21(16-14-18)33(31,32)20-11-7-4-8-12-20/h3,5-6,9-10,13-16,20H,4,7-8,11-12H2,1-2H3,(H,26,27). The highest BCUT2D eigenvalue weighted by atomic mass is 32.2. The van der Waals surface area contributed by atoms with Crippen molar-refractivity contribution in [2.24, 2.45) is 0 Å². The Morgan fingerprint density at radius 2 is 1.61 bits per heavy atom. The summed E-state index contributed by atoms with van der Waals surface area (Å²) in [4.78, 5) is 34.2. The minimum absolute atomic E-state index is 0.0775. The van der Waals surface area contributed by atoms with Gasteiger partial charge >= 0.3 is 0 Å².